The number of amidine groups is 1. The van der Waals surface area contributed by atoms with Crippen molar-refractivity contribution in [2.75, 3.05) is 18.8 Å². The predicted molar refractivity (Wildman–Crippen MR) is 82.4 cm³/mol. The van der Waals surface area contributed by atoms with Gasteiger partial charge in [0, 0.05) is 24.4 Å². The quantitative estimate of drug-likeness (QED) is 0.487. The molecule has 1 saturated heterocycles. The van der Waals surface area contributed by atoms with Gasteiger partial charge in [0.05, 0.1) is 17.2 Å². The molecule has 104 valence electrons. The highest BCUT2D eigenvalue weighted by Gasteiger charge is 2.19. The van der Waals surface area contributed by atoms with Crippen molar-refractivity contribution >= 4 is 28.3 Å². The van der Waals surface area contributed by atoms with Gasteiger partial charge in [-0.25, -0.2) is 4.99 Å². The summed E-state index contributed by atoms with van der Waals surface area (Å²) in [4.78, 5) is 17.1. The highest BCUT2D eigenvalue weighted by Crippen LogP contribution is 2.27. The second-order valence-electron chi connectivity index (χ2n) is 4.32. The summed E-state index contributed by atoms with van der Waals surface area (Å²) in [6.45, 7) is 5.27. The zero-order chi connectivity index (χ0) is 14.5. The van der Waals surface area contributed by atoms with Crippen molar-refractivity contribution < 1.29 is 4.92 Å². The number of thioether (sulfide) groups is 1. The number of non-ortho nitro benzene ring substituents is 1. The third-order valence-electron chi connectivity index (χ3n) is 2.92. The lowest BCUT2D eigenvalue weighted by molar-refractivity contribution is -0.384. The van der Waals surface area contributed by atoms with E-state index in [2.05, 4.69) is 21.7 Å². The molecule has 0 unspecified atom stereocenters. The first-order valence-corrected chi connectivity index (χ1v) is 7.21. The standard InChI is InChI=1S/C14H15N3O2S/c1-3-4-7-16-8-9-20-14(16)15-13-6-5-12(17(18)19)10-11(13)2/h5-6,10H,7-9H2,1-2H3. The number of hydrogen-bond donors (Lipinski definition) is 0. The Labute approximate surface area is 122 Å². The van der Waals surface area contributed by atoms with E-state index in [9.17, 15) is 10.1 Å². The predicted octanol–water partition coefficient (Wildman–Crippen LogP) is 2.96. The Hall–Kier alpha value is -2.00. The number of hydrogen-bond acceptors (Lipinski definition) is 4. The smallest absolute Gasteiger partial charge is 0.269 e. The molecule has 1 aromatic rings. The molecule has 0 amide bonds. The van der Waals surface area contributed by atoms with Crippen LogP contribution in [0.15, 0.2) is 23.2 Å². The summed E-state index contributed by atoms with van der Waals surface area (Å²) in [6, 6.07) is 4.74. The van der Waals surface area contributed by atoms with Crippen LogP contribution in [0.5, 0.6) is 0 Å². The Morgan fingerprint density at radius 2 is 2.35 bits per heavy atom. The molecule has 1 aliphatic heterocycles. The van der Waals surface area contributed by atoms with Gasteiger partial charge in [-0.05, 0) is 25.5 Å². The SMILES string of the molecule is CC#CCN1CCSC1=Nc1ccc([N+](=O)[O-])cc1C. The summed E-state index contributed by atoms with van der Waals surface area (Å²) in [7, 11) is 0. The second-order valence-corrected chi connectivity index (χ2v) is 5.38. The lowest BCUT2D eigenvalue weighted by Crippen LogP contribution is -2.24. The minimum absolute atomic E-state index is 0.0965. The van der Waals surface area contributed by atoms with E-state index in [1.165, 1.54) is 6.07 Å². The first-order valence-electron chi connectivity index (χ1n) is 6.23. The molecule has 0 aliphatic carbocycles. The lowest BCUT2D eigenvalue weighted by atomic mass is 10.2. The number of benzene rings is 1. The Bertz CT molecular complexity index is 617. The maximum atomic E-state index is 10.7. The number of aryl methyl sites for hydroxylation is 1. The number of nitrogens with zero attached hydrogens (tertiary/aromatic N) is 3. The Balaban J connectivity index is 2.24. The molecule has 0 radical (unpaired) electrons. The van der Waals surface area contributed by atoms with Crippen LogP contribution >= 0.6 is 11.8 Å². The third-order valence-corrected chi connectivity index (χ3v) is 3.91. The van der Waals surface area contributed by atoms with Crippen LogP contribution in [-0.2, 0) is 0 Å². The molecule has 1 heterocycles. The fourth-order valence-electron chi connectivity index (χ4n) is 1.84. The van der Waals surface area contributed by atoms with Gasteiger partial charge in [-0.3, -0.25) is 10.1 Å². The molecule has 5 nitrogen and oxygen atoms in total. The molecule has 20 heavy (non-hydrogen) atoms. The first-order chi connectivity index (χ1) is 9.61. The molecule has 1 fully saturated rings. The van der Waals surface area contributed by atoms with Gasteiger partial charge in [0.2, 0.25) is 0 Å². The van der Waals surface area contributed by atoms with Gasteiger partial charge in [-0.15, -0.1) is 5.92 Å². The summed E-state index contributed by atoms with van der Waals surface area (Å²) in [5.41, 5.74) is 1.68. The largest absolute Gasteiger partial charge is 0.339 e. The van der Waals surface area contributed by atoms with E-state index < -0.39 is 4.92 Å². The topological polar surface area (TPSA) is 58.7 Å². The van der Waals surface area contributed by atoms with E-state index in [1.807, 2.05) is 13.8 Å². The summed E-state index contributed by atoms with van der Waals surface area (Å²) >= 11 is 1.69. The van der Waals surface area contributed by atoms with Crippen LogP contribution < -0.4 is 0 Å². The Kier molecular flexibility index (Phi) is 4.64. The van der Waals surface area contributed by atoms with Gasteiger partial charge in [-0.2, -0.15) is 0 Å². The number of rotatable bonds is 3. The van der Waals surface area contributed by atoms with Crippen molar-refractivity contribution in [2.24, 2.45) is 4.99 Å². The van der Waals surface area contributed by atoms with Crippen molar-refractivity contribution in [3.63, 3.8) is 0 Å². The molecule has 1 aromatic carbocycles. The molecule has 0 bridgehead atoms. The lowest BCUT2D eigenvalue weighted by Gasteiger charge is -2.14. The monoisotopic (exact) mass is 289 g/mol. The highest BCUT2D eigenvalue weighted by molar-refractivity contribution is 8.14. The molecule has 0 saturated carbocycles. The fraction of sp³-hybridized carbons (Fsp3) is 0.357. The maximum absolute atomic E-state index is 10.7. The van der Waals surface area contributed by atoms with Crippen molar-refractivity contribution in [3.05, 3.63) is 33.9 Å². The van der Waals surface area contributed by atoms with E-state index >= 15 is 0 Å². The van der Waals surface area contributed by atoms with Gasteiger partial charge in [-0.1, -0.05) is 17.7 Å². The van der Waals surface area contributed by atoms with Crippen LogP contribution in [0.1, 0.15) is 12.5 Å². The minimum Gasteiger partial charge on any atom is -0.339 e. The molecule has 0 aromatic heterocycles. The zero-order valence-corrected chi connectivity index (χ0v) is 12.2. The van der Waals surface area contributed by atoms with Gasteiger partial charge in [0.15, 0.2) is 5.17 Å². The molecule has 2 rings (SSSR count). The Morgan fingerprint density at radius 3 is 3.00 bits per heavy atom. The van der Waals surface area contributed by atoms with Crippen molar-refractivity contribution in [1.29, 1.82) is 0 Å². The number of nitro benzene ring substituents is 1. The van der Waals surface area contributed by atoms with E-state index in [-0.39, 0.29) is 5.69 Å². The molecule has 1 aliphatic rings. The van der Waals surface area contributed by atoms with Crippen LogP contribution in [0.2, 0.25) is 0 Å². The molecule has 0 atom stereocenters. The summed E-state index contributed by atoms with van der Waals surface area (Å²) in [5.74, 6) is 6.91. The zero-order valence-electron chi connectivity index (χ0n) is 11.4. The highest BCUT2D eigenvalue weighted by atomic mass is 32.2. The minimum atomic E-state index is -0.391. The molecule has 6 heteroatoms. The first kappa shape index (κ1) is 14.4. The van der Waals surface area contributed by atoms with Crippen LogP contribution in [-0.4, -0.2) is 33.8 Å². The molecular weight excluding hydrogens is 274 g/mol. The van der Waals surface area contributed by atoms with E-state index in [0.29, 0.717) is 6.54 Å². The fourth-order valence-corrected chi connectivity index (χ4v) is 2.84. The summed E-state index contributed by atoms with van der Waals surface area (Å²) in [6.07, 6.45) is 0. The van der Waals surface area contributed by atoms with Crippen molar-refractivity contribution in [1.82, 2.24) is 4.90 Å². The Morgan fingerprint density at radius 1 is 1.55 bits per heavy atom. The van der Waals surface area contributed by atoms with E-state index in [0.717, 1.165) is 28.7 Å². The number of nitro groups is 1. The van der Waals surface area contributed by atoms with Crippen molar-refractivity contribution in [2.45, 2.75) is 13.8 Å². The van der Waals surface area contributed by atoms with Crippen molar-refractivity contribution in [3.8, 4) is 11.8 Å². The second kappa shape index (κ2) is 6.44. The van der Waals surface area contributed by atoms with Gasteiger partial charge < -0.3 is 4.90 Å². The average Bonchev–Trinajstić information content (AvgIpc) is 2.85. The molecular formula is C14H15N3O2S. The van der Waals surface area contributed by atoms with Crippen LogP contribution in [0.25, 0.3) is 0 Å². The van der Waals surface area contributed by atoms with Gasteiger partial charge in [0.25, 0.3) is 5.69 Å². The maximum Gasteiger partial charge on any atom is 0.269 e. The van der Waals surface area contributed by atoms with Crippen LogP contribution in [0.4, 0.5) is 11.4 Å². The molecule has 0 spiro atoms. The van der Waals surface area contributed by atoms with E-state index in [4.69, 9.17) is 0 Å². The van der Waals surface area contributed by atoms with E-state index in [1.54, 1.807) is 23.9 Å². The number of aliphatic imine (C=N–C) groups is 1. The van der Waals surface area contributed by atoms with Crippen LogP contribution in [0.3, 0.4) is 0 Å². The normalized spacial score (nSPS) is 16.1. The van der Waals surface area contributed by atoms with Gasteiger partial charge in [0.1, 0.15) is 0 Å². The van der Waals surface area contributed by atoms with Gasteiger partial charge >= 0.3 is 0 Å². The average molecular weight is 289 g/mol. The molecule has 0 N–H and O–H groups in total. The van der Waals surface area contributed by atoms with Crippen LogP contribution in [0, 0.1) is 28.9 Å². The third kappa shape index (κ3) is 3.31. The summed E-state index contributed by atoms with van der Waals surface area (Å²) in [5, 5.41) is 11.7. The summed E-state index contributed by atoms with van der Waals surface area (Å²) < 4.78 is 0.